The predicted octanol–water partition coefficient (Wildman–Crippen LogP) is 7.24. The van der Waals surface area contributed by atoms with Crippen LogP contribution in [-0.4, -0.2) is 35.9 Å². The second-order valence-electron chi connectivity index (χ2n) is 11.1. The summed E-state index contributed by atoms with van der Waals surface area (Å²) in [6.07, 6.45) is 4.76. The molecule has 1 amide bonds. The molecule has 5 rings (SSSR count). The van der Waals surface area contributed by atoms with Crippen LogP contribution < -0.4 is 5.32 Å². The fourth-order valence-electron chi connectivity index (χ4n) is 5.98. The summed E-state index contributed by atoms with van der Waals surface area (Å²) < 4.78 is 4.76. The van der Waals surface area contributed by atoms with Crippen molar-refractivity contribution in [2.75, 3.05) is 7.11 Å². The van der Waals surface area contributed by atoms with Gasteiger partial charge in [-0.3, -0.25) is 9.59 Å². The zero-order valence-electron chi connectivity index (χ0n) is 24.2. The molecule has 1 aliphatic carbocycles. The van der Waals surface area contributed by atoms with Gasteiger partial charge < -0.3 is 15.2 Å². The van der Waals surface area contributed by atoms with Crippen LogP contribution in [0.2, 0.25) is 5.02 Å². The van der Waals surface area contributed by atoms with Crippen LogP contribution in [0.1, 0.15) is 84.1 Å². The minimum atomic E-state index is -0.797. The molecule has 0 spiro atoms. The van der Waals surface area contributed by atoms with Crippen molar-refractivity contribution in [2.45, 2.75) is 70.4 Å². The van der Waals surface area contributed by atoms with Gasteiger partial charge in [0.2, 0.25) is 0 Å². The standard InChI is InChI=1S/C35H37ClN2O4/c1-22-13-14-25-21-26(35(41)38-30-10-5-8-23-7-3-4-9-28(23)30)17-20-29(25)37-34(24-15-18-27(36)19-16-24)33(22)31(39)11-6-12-32(40)42-2/h3-4,7,9,15-21,30-31,39H,5-6,8,10-14H2,1-2H3,(H,38,41). The molecule has 6 nitrogen and oxygen atoms in total. The Hall–Kier alpha value is -3.74. The molecular weight excluding hydrogens is 548 g/mol. The molecule has 3 aromatic carbocycles. The number of aliphatic imine (C=N–C) groups is 1. The molecule has 3 aromatic rings. The Morgan fingerprint density at radius 2 is 1.83 bits per heavy atom. The molecule has 0 bridgehead atoms. The second kappa shape index (κ2) is 13.5. The molecule has 0 saturated carbocycles. The number of nitrogens with zero attached hydrogens (tertiary/aromatic N) is 1. The molecule has 1 aliphatic heterocycles. The van der Waals surface area contributed by atoms with Gasteiger partial charge in [-0.15, -0.1) is 0 Å². The molecule has 0 saturated heterocycles. The lowest BCUT2D eigenvalue weighted by Gasteiger charge is -2.26. The summed E-state index contributed by atoms with van der Waals surface area (Å²) in [5.41, 5.74) is 8.19. The summed E-state index contributed by atoms with van der Waals surface area (Å²) in [4.78, 5) is 30.2. The third-order valence-corrected chi connectivity index (χ3v) is 8.52. The maximum Gasteiger partial charge on any atom is 0.305 e. The van der Waals surface area contributed by atoms with E-state index in [1.807, 2.05) is 55.5 Å². The first-order valence-electron chi connectivity index (χ1n) is 14.6. The Morgan fingerprint density at radius 3 is 2.62 bits per heavy atom. The number of allylic oxidation sites excluding steroid dienone is 1. The van der Waals surface area contributed by atoms with Gasteiger partial charge in [0.15, 0.2) is 0 Å². The average Bonchev–Trinajstić information content (AvgIpc) is 2.99. The fraction of sp³-hybridized carbons (Fsp3) is 0.343. The number of halogens is 1. The fourth-order valence-corrected chi connectivity index (χ4v) is 6.10. The molecule has 0 radical (unpaired) electrons. The van der Waals surface area contributed by atoms with Crippen molar-refractivity contribution in [1.82, 2.24) is 5.32 Å². The van der Waals surface area contributed by atoms with Crippen molar-refractivity contribution in [3.63, 3.8) is 0 Å². The highest BCUT2D eigenvalue weighted by atomic mass is 35.5. The largest absolute Gasteiger partial charge is 0.469 e. The van der Waals surface area contributed by atoms with Gasteiger partial charge in [0.25, 0.3) is 5.91 Å². The highest BCUT2D eigenvalue weighted by Gasteiger charge is 2.25. The minimum absolute atomic E-state index is 0.00685. The number of benzene rings is 3. The number of nitrogens with one attached hydrogen (secondary N) is 1. The zero-order valence-corrected chi connectivity index (χ0v) is 24.9. The van der Waals surface area contributed by atoms with E-state index >= 15 is 0 Å². The first kappa shape index (κ1) is 29.7. The number of hydrogen-bond donors (Lipinski definition) is 2. The van der Waals surface area contributed by atoms with Gasteiger partial charge in [-0.05, 0) is 98.9 Å². The number of carbonyl (C=O) groups is 2. The van der Waals surface area contributed by atoms with Gasteiger partial charge in [0.1, 0.15) is 0 Å². The van der Waals surface area contributed by atoms with Crippen LogP contribution in [0.3, 0.4) is 0 Å². The Morgan fingerprint density at radius 1 is 1.05 bits per heavy atom. The van der Waals surface area contributed by atoms with Crippen molar-refractivity contribution in [3.05, 3.63) is 111 Å². The van der Waals surface area contributed by atoms with Crippen LogP contribution in [0.15, 0.2) is 82.9 Å². The molecule has 7 heteroatoms. The van der Waals surface area contributed by atoms with Crippen molar-refractivity contribution in [1.29, 1.82) is 0 Å². The number of methoxy groups -OCH3 is 1. The number of rotatable bonds is 8. The lowest BCUT2D eigenvalue weighted by Crippen LogP contribution is -2.31. The number of carbonyl (C=O) groups excluding carboxylic acids is 2. The van der Waals surface area contributed by atoms with E-state index in [9.17, 15) is 14.7 Å². The summed E-state index contributed by atoms with van der Waals surface area (Å²) in [7, 11) is 1.37. The van der Waals surface area contributed by atoms with Crippen molar-refractivity contribution in [3.8, 4) is 0 Å². The van der Waals surface area contributed by atoms with E-state index in [1.54, 1.807) is 0 Å². The number of esters is 1. The van der Waals surface area contributed by atoms with E-state index in [0.29, 0.717) is 42.0 Å². The van der Waals surface area contributed by atoms with E-state index in [-0.39, 0.29) is 24.3 Å². The molecule has 0 fully saturated rings. The number of aliphatic hydroxyl groups is 1. The Bertz CT molecular complexity index is 1530. The first-order valence-corrected chi connectivity index (χ1v) is 15.0. The average molecular weight is 585 g/mol. The predicted molar refractivity (Wildman–Crippen MR) is 167 cm³/mol. The van der Waals surface area contributed by atoms with Gasteiger partial charge >= 0.3 is 5.97 Å². The van der Waals surface area contributed by atoms with Crippen molar-refractivity contribution in [2.24, 2.45) is 4.99 Å². The van der Waals surface area contributed by atoms with Gasteiger partial charge in [0.05, 0.1) is 30.7 Å². The summed E-state index contributed by atoms with van der Waals surface area (Å²) in [5, 5.41) is 15.2. The molecule has 1 heterocycles. The van der Waals surface area contributed by atoms with Crippen LogP contribution >= 0.6 is 11.6 Å². The maximum atomic E-state index is 13.4. The number of aryl methyl sites for hydroxylation is 2. The molecule has 0 aromatic heterocycles. The number of fused-ring (bicyclic) bond motifs is 2. The van der Waals surface area contributed by atoms with E-state index in [0.717, 1.165) is 47.2 Å². The van der Waals surface area contributed by atoms with Gasteiger partial charge in [0, 0.05) is 28.1 Å². The van der Waals surface area contributed by atoms with Crippen LogP contribution in [0, 0.1) is 0 Å². The van der Waals surface area contributed by atoms with Gasteiger partial charge in [-0.1, -0.05) is 53.6 Å². The molecule has 2 N–H and O–H groups in total. The van der Waals surface area contributed by atoms with Crippen LogP contribution in [0.4, 0.5) is 5.69 Å². The summed E-state index contributed by atoms with van der Waals surface area (Å²) in [6, 6.07) is 21.5. The SMILES string of the molecule is COC(=O)CCCC(O)C1=C(C)CCc2cc(C(=O)NC3CCCc4ccccc43)ccc2N=C1c1ccc(Cl)cc1. The lowest BCUT2D eigenvalue weighted by atomic mass is 9.87. The van der Waals surface area contributed by atoms with E-state index in [1.165, 1.54) is 18.2 Å². The highest BCUT2D eigenvalue weighted by molar-refractivity contribution is 6.30. The Kier molecular flexibility index (Phi) is 9.55. The summed E-state index contributed by atoms with van der Waals surface area (Å²) in [5.74, 6) is -0.379. The normalized spacial score (nSPS) is 17.2. The Balaban J connectivity index is 1.45. The van der Waals surface area contributed by atoms with Crippen molar-refractivity contribution >= 4 is 34.9 Å². The van der Waals surface area contributed by atoms with Crippen molar-refractivity contribution < 1.29 is 19.4 Å². The number of aliphatic hydroxyl groups excluding tert-OH is 1. The third-order valence-electron chi connectivity index (χ3n) is 8.27. The molecule has 218 valence electrons. The smallest absolute Gasteiger partial charge is 0.305 e. The minimum Gasteiger partial charge on any atom is -0.469 e. The maximum absolute atomic E-state index is 13.4. The van der Waals surface area contributed by atoms with Crippen LogP contribution in [0.25, 0.3) is 0 Å². The third kappa shape index (κ3) is 6.83. The van der Waals surface area contributed by atoms with Gasteiger partial charge in [-0.2, -0.15) is 0 Å². The molecule has 2 atom stereocenters. The van der Waals surface area contributed by atoms with E-state index in [2.05, 4.69) is 23.5 Å². The van der Waals surface area contributed by atoms with E-state index < -0.39 is 6.10 Å². The molecular formula is C35H37ClN2O4. The topological polar surface area (TPSA) is 88.0 Å². The second-order valence-corrected chi connectivity index (χ2v) is 11.5. The highest BCUT2D eigenvalue weighted by Crippen LogP contribution is 2.34. The van der Waals surface area contributed by atoms with Gasteiger partial charge in [-0.25, -0.2) is 4.99 Å². The molecule has 2 aliphatic rings. The zero-order chi connectivity index (χ0) is 29.6. The van der Waals surface area contributed by atoms with Crippen LogP contribution in [-0.2, 0) is 22.4 Å². The number of hydrogen-bond acceptors (Lipinski definition) is 5. The molecule has 2 unspecified atom stereocenters. The summed E-state index contributed by atoms with van der Waals surface area (Å²) >= 11 is 6.19. The quantitative estimate of drug-likeness (QED) is 0.273. The number of ether oxygens (including phenoxy) is 1. The lowest BCUT2D eigenvalue weighted by molar-refractivity contribution is -0.140. The Labute approximate surface area is 252 Å². The number of amides is 1. The molecule has 42 heavy (non-hydrogen) atoms. The summed E-state index contributed by atoms with van der Waals surface area (Å²) in [6.45, 7) is 2.02. The van der Waals surface area contributed by atoms with E-state index in [4.69, 9.17) is 21.3 Å². The monoisotopic (exact) mass is 584 g/mol. The van der Waals surface area contributed by atoms with Crippen LogP contribution in [0.5, 0.6) is 0 Å². The first-order chi connectivity index (χ1) is 20.3.